The molecule has 1 heterocycles. The Morgan fingerprint density at radius 2 is 1.75 bits per heavy atom. The Hall–Kier alpha value is -1.26. The van der Waals surface area contributed by atoms with Crippen molar-refractivity contribution < 1.29 is 19.4 Å². The quantitative estimate of drug-likeness (QED) is 0.846. The minimum absolute atomic E-state index is 0.292. The number of carboxylic acids is 1. The van der Waals surface area contributed by atoms with Crippen molar-refractivity contribution in [1.29, 1.82) is 0 Å². The summed E-state index contributed by atoms with van der Waals surface area (Å²) in [5.74, 6) is -0.396. The Kier molecular flexibility index (Phi) is 3.98. The maximum Gasteiger partial charge on any atom is 0.410 e. The molecule has 1 saturated carbocycles. The van der Waals surface area contributed by atoms with E-state index in [9.17, 15) is 14.7 Å². The molecule has 0 aromatic carbocycles. The Morgan fingerprint density at radius 3 is 2.10 bits per heavy atom. The van der Waals surface area contributed by atoms with Gasteiger partial charge < -0.3 is 14.7 Å². The van der Waals surface area contributed by atoms with Gasteiger partial charge in [-0.1, -0.05) is 6.42 Å². The van der Waals surface area contributed by atoms with Gasteiger partial charge in [-0.05, 0) is 52.4 Å². The highest BCUT2D eigenvalue weighted by Gasteiger charge is 2.50. The second kappa shape index (κ2) is 5.26. The molecule has 0 aromatic rings. The molecule has 2 aliphatic rings. The minimum Gasteiger partial charge on any atom is -0.481 e. The van der Waals surface area contributed by atoms with Crippen LogP contribution in [-0.2, 0) is 9.53 Å². The van der Waals surface area contributed by atoms with Crippen LogP contribution in [0.2, 0.25) is 0 Å². The van der Waals surface area contributed by atoms with Crippen molar-refractivity contribution in [2.24, 2.45) is 11.3 Å². The fourth-order valence-electron chi connectivity index (χ4n) is 3.17. The van der Waals surface area contributed by atoms with Gasteiger partial charge in [0.15, 0.2) is 0 Å². The number of nitrogens with zero attached hydrogens (tertiary/aromatic N) is 1. The van der Waals surface area contributed by atoms with Crippen LogP contribution in [0.1, 0.15) is 52.9 Å². The second-order valence-corrected chi connectivity index (χ2v) is 7.06. The molecule has 5 nitrogen and oxygen atoms in total. The third-order valence-electron chi connectivity index (χ3n) is 4.62. The first kappa shape index (κ1) is 15.1. The summed E-state index contributed by atoms with van der Waals surface area (Å²) in [4.78, 5) is 25.3. The van der Waals surface area contributed by atoms with Gasteiger partial charge in [-0.15, -0.1) is 0 Å². The van der Waals surface area contributed by atoms with E-state index in [4.69, 9.17) is 4.74 Å². The van der Waals surface area contributed by atoms with Gasteiger partial charge in [-0.2, -0.15) is 0 Å². The number of piperidine rings is 1. The summed E-state index contributed by atoms with van der Waals surface area (Å²) >= 11 is 0. The van der Waals surface area contributed by atoms with Crippen LogP contribution in [0.25, 0.3) is 0 Å². The van der Waals surface area contributed by atoms with Gasteiger partial charge in [0.05, 0.1) is 5.41 Å². The number of carbonyl (C=O) groups is 2. The van der Waals surface area contributed by atoms with Gasteiger partial charge in [-0.25, -0.2) is 4.79 Å². The van der Waals surface area contributed by atoms with Gasteiger partial charge >= 0.3 is 12.1 Å². The van der Waals surface area contributed by atoms with Crippen molar-refractivity contribution >= 4 is 12.1 Å². The van der Waals surface area contributed by atoms with E-state index < -0.39 is 17.0 Å². The molecule has 1 N–H and O–H groups in total. The summed E-state index contributed by atoms with van der Waals surface area (Å²) in [6.45, 7) is 6.48. The lowest BCUT2D eigenvalue weighted by molar-refractivity contribution is -0.159. The third-order valence-corrected chi connectivity index (χ3v) is 4.62. The van der Waals surface area contributed by atoms with Gasteiger partial charge in [0.25, 0.3) is 0 Å². The molecular weight excluding hydrogens is 258 g/mol. The molecule has 5 heteroatoms. The molecule has 2 fully saturated rings. The molecule has 0 atom stereocenters. The van der Waals surface area contributed by atoms with Gasteiger partial charge in [0.2, 0.25) is 0 Å². The van der Waals surface area contributed by atoms with E-state index >= 15 is 0 Å². The monoisotopic (exact) mass is 283 g/mol. The second-order valence-electron chi connectivity index (χ2n) is 7.06. The van der Waals surface area contributed by atoms with E-state index in [-0.39, 0.29) is 6.09 Å². The Bertz CT molecular complexity index is 387. The summed E-state index contributed by atoms with van der Waals surface area (Å²) < 4.78 is 5.35. The van der Waals surface area contributed by atoms with Crippen LogP contribution in [-0.4, -0.2) is 40.8 Å². The highest BCUT2D eigenvalue weighted by molar-refractivity contribution is 5.76. The molecule has 114 valence electrons. The van der Waals surface area contributed by atoms with Crippen molar-refractivity contribution in [1.82, 2.24) is 4.90 Å². The highest BCUT2D eigenvalue weighted by Crippen LogP contribution is 2.48. The number of amides is 1. The summed E-state index contributed by atoms with van der Waals surface area (Å²) in [7, 11) is 0. The first-order chi connectivity index (χ1) is 9.24. The lowest BCUT2D eigenvalue weighted by atomic mass is 9.61. The lowest BCUT2D eigenvalue weighted by Crippen LogP contribution is -2.52. The summed E-state index contributed by atoms with van der Waals surface area (Å²) in [6.07, 6.45) is 3.93. The normalized spacial score (nSPS) is 23.1. The fourth-order valence-corrected chi connectivity index (χ4v) is 3.17. The minimum atomic E-state index is -0.689. The van der Waals surface area contributed by atoms with Crippen LogP contribution >= 0.6 is 0 Å². The SMILES string of the molecule is CC(C)(C)OC(=O)N1CCC(C(=O)O)(C2CCC2)CC1. The zero-order chi connectivity index (χ0) is 15.0. The summed E-state index contributed by atoms with van der Waals surface area (Å²) in [5.41, 5.74) is -1.12. The van der Waals surface area contributed by atoms with E-state index in [1.165, 1.54) is 0 Å². The van der Waals surface area contributed by atoms with Gasteiger partial charge in [0.1, 0.15) is 5.60 Å². The van der Waals surface area contributed by atoms with E-state index in [2.05, 4.69) is 0 Å². The van der Waals surface area contributed by atoms with Gasteiger partial charge in [0, 0.05) is 13.1 Å². The predicted octanol–water partition coefficient (Wildman–Crippen LogP) is 2.89. The van der Waals surface area contributed by atoms with E-state index in [0.29, 0.717) is 31.8 Å². The number of likely N-dealkylation sites (tertiary alicyclic amines) is 1. The number of carboxylic acid groups (broad SMARTS) is 1. The zero-order valence-electron chi connectivity index (χ0n) is 12.6. The highest BCUT2D eigenvalue weighted by atomic mass is 16.6. The van der Waals surface area contributed by atoms with Crippen LogP contribution in [0.4, 0.5) is 4.79 Å². The van der Waals surface area contributed by atoms with Crippen LogP contribution in [0, 0.1) is 11.3 Å². The summed E-state index contributed by atoms with van der Waals surface area (Å²) in [6, 6.07) is 0. The molecule has 1 aliphatic carbocycles. The smallest absolute Gasteiger partial charge is 0.410 e. The molecule has 1 aliphatic heterocycles. The largest absolute Gasteiger partial charge is 0.481 e. The molecule has 0 unspecified atom stereocenters. The fraction of sp³-hybridized carbons (Fsp3) is 0.867. The topological polar surface area (TPSA) is 66.8 Å². The Morgan fingerprint density at radius 1 is 1.20 bits per heavy atom. The predicted molar refractivity (Wildman–Crippen MR) is 74.5 cm³/mol. The average Bonchev–Trinajstić information content (AvgIpc) is 2.24. The molecule has 1 amide bonds. The van der Waals surface area contributed by atoms with Crippen molar-refractivity contribution in [2.75, 3.05) is 13.1 Å². The molecule has 0 aromatic heterocycles. The van der Waals surface area contributed by atoms with Crippen molar-refractivity contribution in [3.05, 3.63) is 0 Å². The number of carbonyl (C=O) groups excluding carboxylic acids is 1. The average molecular weight is 283 g/mol. The van der Waals surface area contributed by atoms with Crippen LogP contribution in [0.15, 0.2) is 0 Å². The Labute approximate surface area is 120 Å². The maximum absolute atomic E-state index is 12.0. The van der Waals surface area contributed by atoms with Crippen molar-refractivity contribution in [2.45, 2.75) is 58.5 Å². The zero-order valence-corrected chi connectivity index (χ0v) is 12.6. The number of hydrogen-bond donors (Lipinski definition) is 1. The third kappa shape index (κ3) is 2.91. The molecule has 0 radical (unpaired) electrons. The van der Waals surface area contributed by atoms with Crippen molar-refractivity contribution in [3.63, 3.8) is 0 Å². The molecule has 20 heavy (non-hydrogen) atoms. The van der Waals surface area contributed by atoms with Crippen LogP contribution in [0.3, 0.4) is 0 Å². The number of ether oxygens (including phenoxy) is 1. The molecular formula is C15H25NO4. The lowest BCUT2D eigenvalue weighted by Gasteiger charge is -2.47. The summed E-state index contributed by atoms with van der Waals surface area (Å²) in [5, 5.41) is 9.60. The molecule has 2 rings (SSSR count). The maximum atomic E-state index is 12.0. The molecule has 0 spiro atoms. The van der Waals surface area contributed by atoms with Crippen LogP contribution < -0.4 is 0 Å². The van der Waals surface area contributed by atoms with E-state index in [1.807, 2.05) is 20.8 Å². The van der Waals surface area contributed by atoms with Crippen LogP contribution in [0.5, 0.6) is 0 Å². The first-order valence-electron chi connectivity index (χ1n) is 7.46. The molecule has 1 saturated heterocycles. The van der Waals surface area contributed by atoms with E-state index in [1.54, 1.807) is 4.90 Å². The van der Waals surface area contributed by atoms with Gasteiger partial charge in [-0.3, -0.25) is 4.79 Å². The number of aliphatic carboxylic acids is 1. The molecule has 0 bridgehead atoms. The number of hydrogen-bond acceptors (Lipinski definition) is 3. The number of rotatable bonds is 2. The Balaban J connectivity index is 1.96. The van der Waals surface area contributed by atoms with E-state index in [0.717, 1.165) is 19.3 Å². The first-order valence-corrected chi connectivity index (χ1v) is 7.46. The standard InChI is InChI=1S/C15H25NO4/c1-14(2,3)20-13(19)16-9-7-15(8-10-16,12(17)18)11-5-4-6-11/h11H,4-10H2,1-3H3,(H,17,18). The van der Waals surface area contributed by atoms with Crippen molar-refractivity contribution in [3.8, 4) is 0 Å².